The summed E-state index contributed by atoms with van der Waals surface area (Å²) in [4.78, 5) is 23.6. The van der Waals surface area contributed by atoms with E-state index in [1.807, 2.05) is 24.3 Å². The number of rotatable bonds is 3. The second kappa shape index (κ2) is 4.78. The van der Waals surface area contributed by atoms with E-state index in [0.29, 0.717) is 0 Å². The van der Waals surface area contributed by atoms with E-state index >= 15 is 0 Å². The van der Waals surface area contributed by atoms with Crippen LogP contribution in [0.5, 0.6) is 0 Å². The summed E-state index contributed by atoms with van der Waals surface area (Å²) in [5.74, 6) is -0.590. The molecule has 0 saturated heterocycles. The Morgan fingerprint density at radius 1 is 1.06 bits per heavy atom. The summed E-state index contributed by atoms with van der Waals surface area (Å²) >= 11 is 0. The van der Waals surface area contributed by atoms with Gasteiger partial charge in [-0.25, -0.2) is 0 Å². The second-order valence-electron chi connectivity index (χ2n) is 3.79. The molecule has 0 N–H and O–H groups in total. The zero-order chi connectivity index (χ0) is 12.3. The lowest BCUT2D eigenvalue weighted by atomic mass is 10.1. The molecular formula is C14H13NO2. The molecule has 1 aliphatic rings. The zero-order valence-electron chi connectivity index (χ0n) is 9.59. The van der Waals surface area contributed by atoms with Crippen LogP contribution in [0.2, 0.25) is 0 Å². The van der Waals surface area contributed by atoms with Crippen molar-refractivity contribution in [1.29, 1.82) is 0 Å². The maximum absolute atomic E-state index is 11.3. The van der Waals surface area contributed by atoms with Gasteiger partial charge in [0.25, 0.3) is 11.8 Å². The number of hydrogen-bond donors (Lipinski definition) is 0. The fraction of sp³-hybridized carbons (Fsp3) is 0.143. The van der Waals surface area contributed by atoms with E-state index < -0.39 is 0 Å². The molecule has 2 rings (SSSR count). The van der Waals surface area contributed by atoms with Crippen LogP contribution in [-0.2, 0) is 16.0 Å². The van der Waals surface area contributed by atoms with Crippen molar-refractivity contribution >= 4 is 17.9 Å². The van der Waals surface area contributed by atoms with Crippen molar-refractivity contribution in [2.75, 3.05) is 0 Å². The average Bonchev–Trinajstić information content (AvgIpc) is 2.67. The minimum Gasteiger partial charge on any atom is -0.269 e. The first-order chi connectivity index (χ1) is 8.20. The van der Waals surface area contributed by atoms with E-state index in [2.05, 4.69) is 6.92 Å². The van der Waals surface area contributed by atoms with Crippen molar-refractivity contribution < 1.29 is 9.59 Å². The van der Waals surface area contributed by atoms with E-state index in [1.165, 1.54) is 23.9 Å². The van der Waals surface area contributed by atoms with Crippen molar-refractivity contribution in [3.63, 3.8) is 0 Å². The first-order valence-electron chi connectivity index (χ1n) is 5.53. The first-order valence-corrected chi connectivity index (χ1v) is 5.53. The predicted octanol–water partition coefficient (Wildman–Crippen LogP) is 2.14. The van der Waals surface area contributed by atoms with Crippen LogP contribution in [-0.4, -0.2) is 16.7 Å². The third-order valence-electron chi connectivity index (χ3n) is 2.65. The molecule has 3 heteroatoms. The van der Waals surface area contributed by atoms with E-state index in [0.717, 1.165) is 16.9 Å². The largest absolute Gasteiger partial charge is 0.269 e. The predicted molar refractivity (Wildman–Crippen MR) is 65.8 cm³/mol. The van der Waals surface area contributed by atoms with Crippen LogP contribution in [0.1, 0.15) is 18.1 Å². The van der Waals surface area contributed by atoms with Gasteiger partial charge in [-0.3, -0.25) is 14.5 Å². The maximum Gasteiger partial charge on any atom is 0.257 e. The maximum atomic E-state index is 11.3. The fourth-order valence-corrected chi connectivity index (χ4v) is 1.58. The van der Waals surface area contributed by atoms with Gasteiger partial charge in [-0.15, -0.1) is 0 Å². The number of amides is 2. The second-order valence-corrected chi connectivity index (χ2v) is 3.79. The van der Waals surface area contributed by atoms with Gasteiger partial charge in [0.15, 0.2) is 0 Å². The number of nitrogens with zero attached hydrogens (tertiary/aromatic N) is 1. The Bertz CT molecular complexity index is 479. The van der Waals surface area contributed by atoms with Crippen LogP contribution in [0, 0.1) is 0 Å². The van der Waals surface area contributed by atoms with Gasteiger partial charge >= 0.3 is 0 Å². The molecule has 17 heavy (non-hydrogen) atoms. The molecule has 0 unspecified atom stereocenters. The van der Waals surface area contributed by atoms with Crippen LogP contribution in [0.15, 0.2) is 42.6 Å². The monoisotopic (exact) mass is 227 g/mol. The summed E-state index contributed by atoms with van der Waals surface area (Å²) in [6.45, 7) is 2.10. The van der Waals surface area contributed by atoms with Gasteiger partial charge in [0.05, 0.1) is 0 Å². The molecule has 3 nitrogen and oxygen atoms in total. The Morgan fingerprint density at radius 3 is 2.18 bits per heavy atom. The van der Waals surface area contributed by atoms with E-state index in [1.54, 1.807) is 6.08 Å². The Morgan fingerprint density at radius 2 is 1.65 bits per heavy atom. The molecule has 0 spiro atoms. The first kappa shape index (κ1) is 11.3. The van der Waals surface area contributed by atoms with E-state index in [-0.39, 0.29) is 11.8 Å². The molecule has 2 amide bonds. The Kier molecular flexibility index (Phi) is 3.19. The molecule has 0 saturated carbocycles. The highest BCUT2D eigenvalue weighted by Gasteiger charge is 2.20. The molecule has 0 fully saturated rings. The lowest BCUT2D eigenvalue weighted by Gasteiger charge is -2.06. The van der Waals surface area contributed by atoms with Gasteiger partial charge in [0.2, 0.25) is 0 Å². The summed E-state index contributed by atoms with van der Waals surface area (Å²) in [7, 11) is 0. The van der Waals surface area contributed by atoms with Gasteiger partial charge in [-0.1, -0.05) is 31.2 Å². The number of carbonyl (C=O) groups is 2. The Hall–Kier alpha value is -2.16. The molecule has 0 atom stereocenters. The molecule has 0 radical (unpaired) electrons. The zero-order valence-corrected chi connectivity index (χ0v) is 9.59. The van der Waals surface area contributed by atoms with Gasteiger partial charge in [-0.05, 0) is 23.6 Å². The molecule has 0 aromatic heterocycles. The van der Waals surface area contributed by atoms with Gasteiger partial charge in [-0.2, -0.15) is 0 Å². The normalized spacial score (nSPS) is 15.2. The minimum absolute atomic E-state index is 0.295. The quantitative estimate of drug-likeness (QED) is 0.742. The molecular weight excluding hydrogens is 214 g/mol. The summed E-state index contributed by atoms with van der Waals surface area (Å²) in [6.07, 6.45) is 6.80. The number of carbonyl (C=O) groups excluding carboxylic acids is 2. The summed E-state index contributed by atoms with van der Waals surface area (Å²) < 4.78 is 0. The molecule has 0 aliphatic carbocycles. The van der Waals surface area contributed by atoms with E-state index in [4.69, 9.17) is 0 Å². The van der Waals surface area contributed by atoms with Crippen molar-refractivity contribution in [2.45, 2.75) is 13.3 Å². The van der Waals surface area contributed by atoms with Crippen LogP contribution in [0.3, 0.4) is 0 Å². The number of imide groups is 1. The molecule has 1 aliphatic heterocycles. The molecule has 1 heterocycles. The molecule has 86 valence electrons. The summed E-state index contributed by atoms with van der Waals surface area (Å²) in [6, 6.07) is 8.00. The Labute approximate surface area is 100 Å². The van der Waals surface area contributed by atoms with Crippen LogP contribution >= 0.6 is 0 Å². The smallest absolute Gasteiger partial charge is 0.257 e. The average molecular weight is 227 g/mol. The van der Waals surface area contributed by atoms with Crippen LogP contribution < -0.4 is 0 Å². The lowest BCUT2D eigenvalue weighted by molar-refractivity contribution is -0.133. The van der Waals surface area contributed by atoms with Crippen molar-refractivity contribution in [1.82, 2.24) is 4.90 Å². The fourth-order valence-electron chi connectivity index (χ4n) is 1.58. The highest BCUT2D eigenvalue weighted by atomic mass is 16.2. The molecule has 1 aromatic rings. The highest BCUT2D eigenvalue weighted by molar-refractivity contribution is 6.13. The number of aryl methyl sites for hydroxylation is 1. The van der Waals surface area contributed by atoms with Crippen LogP contribution in [0.4, 0.5) is 0 Å². The standard InChI is InChI=1S/C14H13NO2/c1-2-11-3-5-12(6-4-11)9-10-15-13(16)7-8-14(15)17/h3-10H,2H2,1H3. The number of benzene rings is 1. The highest BCUT2D eigenvalue weighted by Crippen LogP contribution is 2.09. The SMILES string of the molecule is CCc1ccc(C=CN2C(=O)C=CC2=O)cc1. The minimum atomic E-state index is -0.295. The van der Waals surface area contributed by atoms with Crippen molar-refractivity contribution in [3.8, 4) is 0 Å². The summed E-state index contributed by atoms with van der Waals surface area (Å²) in [5.41, 5.74) is 2.23. The van der Waals surface area contributed by atoms with Crippen LogP contribution in [0.25, 0.3) is 6.08 Å². The van der Waals surface area contributed by atoms with Crippen molar-refractivity contribution in [3.05, 3.63) is 53.7 Å². The van der Waals surface area contributed by atoms with Gasteiger partial charge in [0, 0.05) is 18.4 Å². The van der Waals surface area contributed by atoms with E-state index in [9.17, 15) is 9.59 Å². The topological polar surface area (TPSA) is 37.4 Å². The lowest BCUT2D eigenvalue weighted by Crippen LogP contribution is -2.23. The van der Waals surface area contributed by atoms with Crippen molar-refractivity contribution in [2.24, 2.45) is 0 Å². The Balaban J connectivity index is 2.10. The third kappa shape index (κ3) is 2.50. The molecule has 1 aromatic carbocycles. The van der Waals surface area contributed by atoms with Gasteiger partial charge in [0.1, 0.15) is 0 Å². The summed E-state index contributed by atoms with van der Waals surface area (Å²) in [5, 5.41) is 0. The third-order valence-corrected chi connectivity index (χ3v) is 2.65. The number of hydrogen-bond acceptors (Lipinski definition) is 2. The molecule has 0 bridgehead atoms. The van der Waals surface area contributed by atoms with Gasteiger partial charge < -0.3 is 0 Å².